The van der Waals surface area contributed by atoms with Crippen molar-refractivity contribution in [1.82, 2.24) is 5.32 Å². The van der Waals surface area contributed by atoms with Gasteiger partial charge in [0.25, 0.3) is 0 Å². The molecule has 1 N–H and O–H groups in total. The van der Waals surface area contributed by atoms with Crippen LogP contribution >= 0.6 is 0 Å². The molecule has 1 aromatic carbocycles. The summed E-state index contributed by atoms with van der Waals surface area (Å²) < 4.78 is 16.3. The molecule has 0 bridgehead atoms. The third-order valence-corrected chi connectivity index (χ3v) is 3.40. The molecule has 92 valence electrons. The zero-order valence-electron chi connectivity index (χ0n) is 9.99. The van der Waals surface area contributed by atoms with E-state index in [2.05, 4.69) is 11.4 Å². The van der Waals surface area contributed by atoms with Crippen LogP contribution in [0.3, 0.4) is 0 Å². The van der Waals surface area contributed by atoms with Crippen molar-refractivity contribution in [2.45, 2.75) is 25.3 Å². The first-order chi connectivity index (χ1) is 8.38. The van der Waals surface area contributed by atoms with Gasteiger partial charge in [-0.25, -0.2) is 0 Å². The third-order valence-electron chi connectivity index (χ3n) is 3.40. The van der Waals surface area contributed by atoms with Crippen LogP contribution in [0.5, 0.6) is 17.2 Å². The van der Waals surface area contributed by atoms with Gasteiger partial charge in [-0.05, 0) is 25.5 Å². The molecule has 1 saturated heterocycles. The zero-order valence-corrected chi connectivity index (χ0v) is 9.99. The fourth-order valence-electron chi connectivity index (χ4n) is 2.51. The Kier molecular flexibility index (Phi) is 2.81. The van der Waals surface area contributed by atoms with Crippen LogP contribution in [0.15, 0.2) is 12.1 Å². The molecule has 1 atom stereocenters. The number of ether oxygens (including phenoxy) is 3. The normalized spacial score (nSPS) is 22.5. The standard InChI is InChI=1S/C13H17NO3/c1-15-9-6-10(11-4-2-3-5-14-11)13-12(7-9)16-8-17-13/h6-7,11,14H,2-5,8H2,1H3. The third kappa shape index (κ3) is 1.93. The van der Waals surface area contributed by atoms with Crippen molar-refractivity contribution in [2.75, 3.05) is 20.4 Å². The molecule has 17 heavy (non-hydrogen) atoms. The second-order valence-corrected chi connectivity index (χ2v) is 4.45. The fraction of sp³-hybridized carbons (Fsp3) is 0.538. The van der Waals surface area contributed by atoms with Gasteiger partial charge in [-0.3, -0.25) is 0 Å². The van der Waals surface area contributed by atoms with Gasteiger partial charge in [0, 0.05) is 17.7 Å². The van der Waals surface area contributed by atoms with Crippen LogP contribution in [-0.4, -0.2) is 20.4 Å². The van der Waals surface area contributed by atoms with E-state index in [-0.39, 0.29) is 0 Å². The minimum absolute atomic E-state index is 0.308. The maximum absolute atomic E-state index is 5.56. The van der Waals surface area contributed by atoms with Crippen LogP contribution in [0.1, 0.15) is 30.9 Å². The lowest BCUT2D eigenvalue weighted by Crippen LogP contribution is -2.27. The van der Waals surface area contributed by atoms with Crippen LogP contribution in [0.4, 0.5) is 0 Å². The topological polar surface area (TPSA) is 39.7 Å². The highest BCUT2D eigenvalue weighted by Crippen LogP contribution is 2.43. The Balaban J connectivity index is 1.98. The van der Waals surface area contributed by atoms with Crippen LogP contribution in [0.2, 0.25) is 0 Å². The Morgan fingerprint density at radius 2 is 2.24 bits per heavy atom. The largest absolute Gasteiger partial charge is 0.497 e. The molecule has 2 aliphatic rings. The van der Waals surface area contributed by atoms with Gasteiger partial charge in [0.1, 0.15) is 5.75 Å². The second-order valence-electron chi connectivity index (χ2n) is 4.45. The molecule has 0 spiro atoms. The molecule has 3 rings (SSSR count). The van der Waals surface area contributed by atoms with Gasteiger partial charge < -0.3 is 19.5 Å². The van der Waals surface area contributed by atoms with Crippen molar-refractivity contribution in [3.05, 3.63) is 17.7 Å². The number of hydrogen-bond donors (Lipinski definition) is 1. The van der Waals surface area contributed by atoms with E-state index >= 15 is 0 Å². The van der Waals surface area contributed by atoms with E-state index in [0.717, 1.165) is 35.8 Å². The molecule has 2 aliphatic heterocycles. The van der Waals surface area contributed by atoms with E-state index in [1.165, 1.54) is 12.8 Å². The van der Waals surface area contributed by atoms with E-state index in [1.807, 2.05) is 6.07 Å². The Labute approximate surface area is 101 Å². The highest BCUT2D eigenvalue weighted by molar-refractivity contribution is 5.54. The second kappa shape index (κ2) is 4.45. The molecule has 0 amide bonds. The predicted molar refractivity (Wildman–Crippen MR) is 63.7 cm³/mol. The summed E-state index contributed by atoms with van der Waals surface area (Å²) in [6, 6.07) is 4.29. The smallest absolute Gasteiger partial charge is 0.231 e. The minimum Gasteiger partial charge on any atom is -0.497 e. The summed E-state index contributed by atoms with van der Waals surface area (Å²) in [4.78, 5) is 0. The first kappa shape index (κ1) is 10.7. The summed E-state index contributed by atoms with van der Waals surface area (Å²) >= 11 is 0. The van der Waals surface area contributed by atoms with Crippen molar-refractivity contribution in [3.8, 4) is 17.2 Å². The van der Waals surface area contributed by atoms with Gasteiger partial charge in [-0.15, -0.1) is 0 Å². The predicted octanol–water partition coefficient (Wildman–Crippen LogP) is 2.24. The molecular weight excluding hydrogens is 218 g/mol. The van der Waals surface area contributed by atoms with E-state index in [9.17, 15) is 0 Å². The van der Waals surface area contributed by atoms with Crippen LogP contribution in [-0.2, 0) is 0 Å². The summed E-state index contributed by atoms with van der Waals surface area (Å²) in [5, 5.41) is 3.53. The van der Waals surface area contributed by atoms with Gasteiger partial charge in [-0.2, -0.15) is 0 Å². The van der Waals surface area contributed by atoms with Crippen LogP contribution in [0.25, 0.3) is 0 Å². The van der Waals surface area contributed by atoms with E-state index in [4.69, 9.17) is 14.2 Å². The summed E-state index contributed by atoms with van der Waals surface area (Å²) in [5.74, 6) is 2.51. The Hall–Kier alpha value is -1.42. The van der Waals surface area contributed by atoms with E-state index < -0.39 is 0 Å². The Bertz CT molecular complexity index is 413. The fourth-order valence-corrected chi connectivity index (χ4v) is 2.51. The highest BCUT2D eigenvalue weighted by atomic mass is 16.7. The monoisotopic (exact) mass is 235 g/mol. The average Bonchev–Trinajstić information content (AvgIpc) is 2.86. The maximum Gasteiger partial charge on any atom is 0.231 e. The zero-order chi connectivity index (χ0) is 11.7. The summed E-state index contributed by atoms with van der Waals surface area (Å²) in [6.07, 6.45) is 3.65. The van der Waals surface area contributed by atoms with E-state index in [1.54, 1.807) is 7.11 Å². The van der Waals surface area contributed by atoms with Gasteiger partial charge in [0.15, 0.2) is 11.5 Å². The molecule has 0 aromatic heterocycles. The van der Waals surface area contributed by atoms with Crippen LogP contribution < -0.4 is 19.5 Å². The quantitative estimate of drug-likeness (QED) is 0.853. The Morgan fingerprint density at radius 1 is 1.29 bits per heavy atom. The van der Waals surface area contributed by atoms with Gasteiger partial charge >= 0.3 is 0 Å². The SMILES string of the molecule is COc1cc2c(c(C3CCCCN3)c1)OCO2. The van der Waals surface area contributed by atoms with Gasteiger partial charge in [-0.1, -0.05) is 6.42 Å². The van der Waals surface area contributed by atoms with Gasteiger partial charge in [0.05, 0.1) is 7.11 Å². The Morgan fingerprint density at radius 3 is 3.00 bits per heavy atom. The van der Waals surface area contributed by atoms with E-state index in [0.29, 0.717) is 12.8 Å². The number of benzene rings is 1. The number of nitrogens with one attached hydrogen (secondary N) is 1. The highest BCUT2D eigenvalue weighted by Gasteiger charge is 2.25. The lowest BCUT2D eigenvalue weighted by Gasteiger charge is -2.25. The molecule has 1 unspecified atom stereocenters. The van der Waals surface area contributed by atoms with Crippen molar-refractivity contribution >= 4 is 0 Å². The van der Waals surface area contributed by atoms with Crippen molar-refractivity contribution < 1.29 is 14.2 Å². The first-order valence-corrected chi connectivity index (χ1v) is 6.09. The molecule has 0 radical (unpaired) electrons. The maximum atomic E-state index is 5.56. The number of piperidine rings is 1. The molecule has 0 saturated carbocycles. The van der Waals surface area contributed by atoms with Gasteiger partial charge in [0.2, 0.25) is 6.79 Å². The lowest BCUT2D eigenvalue weighted by atomic mass is 9.96. The molecule has 1 fully saturated rings. The molecule has 4 nitrogen and oxygen atoms in total. The molecular formula is C13H17NO3. The molecule has 0 aliphatic carbocycles. The number of rotatable bonds is 2. The lowest BCUT2D eigenvalue weighted by molar-refractivity contribution is 0.172. The minimum atomic E-state index is 0.308. The van der Waals surface area contributed by atoms with Crippen molar-refractivity contribution in [3.63, 3.8) is 0 Å². The van der Waals surface area contributed by atoms with Crippen molar-refractivity contribution in [1.29, 1.82) is 0 Å². The average molecular weight is 235 g/mol. The number of hydrogen-bond acceptors (Lipinski definition) is 4. The van der Waals surface area contributed by atoms with Crippen molar-refractivity contribution in [2.24, 2.45) is 0 Å². The molecule has 4 heteroatoms. The number of fused-ring (bicyclic) bond motifs is 1. The summed E-state index contributed by atoms with van der Waals surface area (Å²) in [7, 11) is 1.68. The summed E-state index contributed by atoms with van der Waals surface area (Å²) in [6.45, 7) is 1.37. The summed E-state index contributed by atoms with van der Waals surface area (Å²) in [5.41, 5.74) is 1.16. The molecule has 2 heterocycles. The first-order valence-electron chi connectivity index (χ1n) is 6.09. The van der Waals surface area contributed by atoms with Crippen LogP contribution in [0, 0.1) is 0 Å². The molecule has 1 aromatic rings. The number of methoxy groups -OCH3 is 1.